The van der Waals surface area contributed by atoms with Crippen LogP contribution in [0.1, 0.15) is 70.9 Å². The van der Waals surface area contributed by atoms with Crippen molar-refractivity contribution < 1.29 is 32.8 Å². The molecule has 58 heavy (non-hydrogen) atoms. The number of rotatable bonds is 19. The lowest BCUT2D eigenvalue weighted by Crippen LogP contribution is -2.51. The van der Waals surface area contributed by atoms with Crippen molar-refractivity contribution in [1.29, 1.82) is 5.26 Å². The van der Waals surface area contributed by atoms with Crippen molar-refractivity contribution >= 4 is 14.4 Å². The number of ether oxygens (including phenoxy) is 4. The van der Waals surface area contributed by atoms with Gasteiger partial charge in [-0.25, -0.2) is 9.46 Å². The molecule has 1 saturated heterocycles. The number of hydrogen-bond donors (Lipinski definition) is 2. The monoisotopic (exact) mass is 815 g/mol. The van der Waals surface area contributed by atoms with Crippen LogP contribution in [0.4, 0.5) is 0 Å². The minimum absolute atomic E-state index is 0.0394. The molecule has 4 aromatic rings. The van der Waals surface area contributed by atoms with Gasteiger partial charge in [-0.15, -0.1) is 0 Å². The summed E-state index contributed by atoms with van der Waals surface area (Å²) in [5.74, 6) is 0.586. The molecule has 1 aliphatic rings. The number of H-pyrrole nitrogens is 1. The van der Waals surface area contributed by atoms with Crippen LogP contribution in [-0.2, 0) is 28.9 Å². The Kier molecular flexibility index (Phi) is 15.4. The number of benzene rings is 3. The molecule has 1 unspecified atom stereocenters. The smallest absolute Gasteiger partial charge is 0.330 e. The molecule has 14 nitrogen and oxygen atoms in total. The number of methoxy groups -OCH3 is 2. The average molecular weight is 816 g/mol. The number of amides is 1. The molecule has 1 amide bonds. The lowest BCUT2D eigenvalue weighted by molar-refractivity contribution is -0.126. The highest BCUT2D eigenvalue weighted by Crippen LogP contribution is 2.51. The summed E-state index contributed by atoms with van der Waals surface area (Å²) in [7, 11) is 1.33. The molecule has 310 valence electrons. The molecule has 1 aromatic heterocycles. The van der Waals surface area contributed by atoms with E-state index in [1.54, 1.807) is 28.1 Å². The van der Waals surface area contributed by atoms with Gasteiger partial charge in [-0.05, 0) is 68.7 Å². The van der Waals surface area contributed by atoms with E-state index in [4.69, 9.17) is 28.0 Å². The van der Waals surface area contributed by atoms with Crippen LogP contribution >= 0.6 is 8.53 Å². The lowest BCUT2D eigenvalue weighted by atomic mass is 9.80. The second-order valence-corrected chi connectivity index (χ2v) is 16.1. The first kappa shape index (κ1) is 44.2. The highest BCUT2D eigenvalue weighted by molar-refractivity contribution is 7.44. The number of carbonyl (C=O) groups is 1. The maximum absolute atomic E-state index is 13.6. The summed E-state index contributed by atoms with van der Waals surface area (Å²) in [6.45, 7) is 11.6. The molecule has 5 rings (SSSR count). The van der Waals surface area contributed by atoms with E-state index in [0.717, 1.165) is 16.7 Å². The van der Waals surface area contributed by atoms with Crippen molar-refractivity contribution in [2.75, 3.05) is 27.4 Å². The van der Waals surface area contributed by atoms with Gasteiger partial charge in [0.05, 0.1) is 39.9 Å². The Morgan fingerprint density at radius 1 is 0.897 bits per heavy atom. The van der Waals surface area contributed by atoms with Crippen molar-refractivity contribution in [3.8, 4) is 17.6 Å². The van der Waals surface area contributed by atoms with Crippen LogP contribution < -0.4 is 26.0 Å². The summed E-state index contributed by atoms with van der Waals surface area (Å²) < 4.78 is 41.8. The SMILES string of the molecule is COc1ccc(C(OC[C@H]2O[C@@H](n3ccc(=O)[nH]c3=O)[C@H](NC(=O)C(C)C)[C@@H]2OP(OCCC#N)N(C(C)C)C(C)C)(c2ccccc2)c2ccc(OC)cc2)cc1. The second-order valence-electron chi connectivity index (χ2n) is 14.7. The predicted molar refractivity (Wildman–Crippen MR) is 220 cm³/mol. The minimum atomic E-state index is -1.88. The minimum Gasteiger partial charge on any atom is -0.497 e. The Bertz CT molecular complexity index is 2030. The Morgan fingerprint density at radius 3 is 1.97 bits per heavy atom. The third-order valence-electron chi connectivity index (χ3n) is 9.81. The summed E-state index contributed by atoms with van der Waals surface area (Å²) in [5, 5.41) is 12.5. The normalized spacial score (nSPS) is 18.7. The lowest BCUT2D eigenvalue weighted by Gasteiger charge is -2.39. The summed E-state index contributed by atoms with van der Waals surface area (Å²) in [4.78, 5) is 41.6. The fourth-order valence-electron chi connectivity index (χ4n) is 7.03. The van der Waals surface area contributed by atoms with Gasteiger partial charge >= 0.3 is 5.69 Å². The third-order valence-corrected chi connectivity index (χ3v) is 11.9. The van der Waals surface area contributed by atoms with Gasteiger partial charge in [-0.3, -0.25) is 19.1 Å². The fourth-order valence-corrected chi connectivity index (χ4v) is 8.81. The first-order valence-electron chi connectivity index (χ1n) is 19.3. The Morgan fingerprint density at radius 2 is 1.47 bits per heavy atom. The third kappa shape index (κ3) is 10.0. The van der Waals surface area contributed by atoms with Gasteiger partial charge in [0.1, 0.15) is 35.3 Å². The van der Waals surface area contributed by atoms with Gasteiger partial charge in [0.15, 0.2) is 6.23 Å². The number of nitrogens with zero attached hydrogens (tertiary/aromatic N) is 3. The number of hydrogen-bond acceptors (Lipinski definition) is 11. The predicted octanol–water partition coefficient (Wildman–Crippen LogP) is 6.26. The maximum atomic E-state index is 13.6. The molecule has 0 saturated carbocycles. The zero-order valence-corrected chi connectivity index (χ0v) is 35.2. The molecule has 0 spiro atoms. The molecule has 2 N–H and O–H groups in total. The molecule has 0 radical (unpaired) electrons. The molecule has 0 bridgehead atoms. The molecular weight excluding hydrogens is 761 g/mol. The highest BCUT2D eigenvalue weighted by atomic mass is 31.2. The van der Waals surface area contributed by atoms with Gasteiger partial charge < -0.3 is 33.3 Å². The number of aromatic amines is 1. The molecule has 5 atom stereocenters. The van der Waals surface area contributed by atoms with Crippen LogP contribution in [-0.4, -0.2) is 77.9 Å². The van der Waals surface area contributed by atoms with Gasteiger partial charge in [0.2, 0.25) is 5.91 Å². The Balaban J connectivity index is 1.70. The Hall–Kier alpha value is -4.87. The van der Waals surface area contributed by atoms with Crippen molar-refractivity contribution in [3.05, 3.63) is 129 Å². The molecule has 15 heteroatoms. The average Bonchev–Trinajstić information content (AvgIpc) is 3.54. The molecule has 0 aliphatic carbocycles. The maximum Gasteiger partial charge on any atom is 0.330 e. The summed E-state index contributed by atoms with van der Waals surface area (Å²) >= 11 is 0. The van der Waals surface area contributed by atoms with Gasteiger partial charge in [0.25, 0.3) is 14.1 Å². The zero-order valence-electron chi connectivity index (χ0n) is 34.3. The molecular formula is C43H54N5O9P. The van der Waals surface area contributed by atoms with E-state index in [1.165, 1.54) is 16.8 Å². The molecule has 3 aromatic carbocycles. The van der Waals surface area contributed by atoms with Crippen LogP contribution in [0.5, 0.6) is 11.5 Å². The largest absolute Gasteiger partial charge is 0.497 e. The van der Waals surface area contributed by atoms with Crippen molar-refractivity contribution in [1.82, 2.24) is 19.5 Å². The number of carbonyl (C=O) groups excluding carboxylic acids is 1. The van der Waals surface area contributed by atoms with Crippen molar-refractivity contribution in [2.45, 2.75) is 90.1 Å². The second kappa shape index (κ2) is 20.2. The van der Waals surface area contributed by atoms with Crippen LogP contribution in [0.15, 0.2) is 101 Å². The Labute approximate surface area is 341 Å². The van der Waals surface area contributed by atoms with Crippen molar-refractivity contribution in [3.63, 3.8) is 0 Å². The van der Waals surface area contributed by atoms with E-state index in [2.05, 4.69) is 21.0 Å². The molecule has 2 heterocycles. The molecule has 1 aliphatic heterocycles. The standard InChI is InChI=1S/C43H54N5O9P/c1-28(2)40(50)46-38-39(57-58(55-26-12-24-44)48(29(3)4)30(5)6)36(56-41(38)47-25-23-37(49)45-42(47)51)27-54-43(31-13-10-9-11-14-31,32-15-19-34(52-7)20-16-32)33-17-21-35(53-8)22-18-33/h9-11,13-23,25,28-30,36,38-39,41H,12,26-27H2,1-8H3,(H,46,50)(H,45,49,51)/t36-,38-,39-,41-,58?/m1/s1. The van der Waals surface area contributed by atoms with Crippen LogP contribution in [0.2, 0.25) is 0 Å². The first-order chi connectivity index (χ1) is 27.8. The van der Waals surface area contributed by atoms with Crippen LogP contribution in [0.25, 0.3) is 0 Å². The van der Waals surface area contributed by atoms with E-state index in [-0.39, 0.29) is 37.6 Å². The van der Waals surface area contributed by atoms with Gasteiger partial charge in [0, 0.05) is 30.3 Å². The van der Waals surface area contributed by atoms with E-state index in [0.29, 0.717) is 11.5 Å². The number of nitriles is 1. The van der Waals surface area contributed by atoms with Crippen molar-refractivity contribution in [2.24, 2.45) is 5.92 Å². The highest BCUT2D eigenvalue weighted by Gasteiger charge is 2.51. The first-order valence-corrected chi connectivity index (χ1v) is 20.5. The quantitative estimate of drug-likeness (QED) is 0.0623. The molecule has 1 fully saturated rings. The summed E-state index contributed by atoms with van der Waals surface area (Å²) in [6, 6.07) is 27.3. The van der Waals surface area contributed by atoms with Crippen LogP contribution in [0.3, 0.4) is 0 Å². The van der Waals surface area contributed by atoms with E-state index in [1.807, 2.05) is 107 Å². The van der Waals surface area contributed by atoms with Gasteiger partial charge in [-0.2, -0.15) is 5.26 Å². The van der Waals surface area contributed by atoms with E-state index >= 15 is 0 Å². The van der Waals surface area contributed by atoms with Gasteiger partial charge in [-0.1, -0.05) is 68.4 Å². The number of aromatic nitrogens is 2. The summed E-state index contributed by atoms with van der Waals surface area (Å²) in [5.41, 5.74) is -0.174. The summed E-state index contributed by atoms with van der Waals surface area (Å²) in [6.07, 6.45) is -1.58. The van der Waals surface area contributed by atoms with E-state index < -0.39 is 55.8 Å². The number of nitrogens with one attached hydrogen (secondary N) is 2. The topological polar surface area (TPSA) is 166 Å². The fraction of sp³-hybridized carbons (Fsp3) is 0.442. The van der Waals surface area contributed by atoms with E-state index in [9.17, 15) is 19.6 Å². The zero-order chi connectivity index (χ0) is 42.0. The van der Waals surface area contributed by atoms with Crippen LogP contribution in [0, 0.1) is 17.2 Å².